The average Bonchev–Trinajstić information content (AvgIpc) is 3.07. The fourth-order valence-corrected chi connectivity index (χ4v) is 2.20. The molecule has 5 nitrogen and oxygen atoms in total. The SMILES string of the molecule is CC(CN(C)C(=O)C(C)C1CC1)NC(=O)OC(C)(C)C. The van der Waals surface area contributed by atoms with Crippen LogP contribution in [0.1, 0.15) is 47.5 Å². The summed E-state index contributed by atoms with van der Waals surface area (Å²) in [5, 5.41) is 2.75. The van der Waals surface area contributed by atoms with Gasteiger partial charge in [0.15, 0.2) is 0 Å². The van der Waals surface area contributed by atoms with Crippen molar-refractivity contribution in [2.45, 2.75) is 59.1 Å². The molecule has 0 heterocycles. The standard InChI is InChI=1S/C15H28N2O3/c1-10(16-14(19)20-15(3,4)5)9-17(6)13(18)11(2)12-7-8-12/h10-12H,7-9H2,1-6H3,(H,16,19). The maximum atomic E-state index is 12.2. The molecule has 0 bridgehead atoms. The lowest BCUT2D eigenvalue weighted by atomic mass is 10.1. The van der Waals surface area contributed by atoms with E-state index in [1.165, 1.54) is 0 Å². The zero-order chi connectivity index (χ0) is 15.5. The van der Waals surface area contributed by atoms with Crippen molar-refractivity contribution in [3.63, 3.8) is 0 Å². The van der Waals surface area contributed by atoms with Gasteiger partial charge in [-0.05, 0) is 46.5 Å². The highest BCUT2D eigenvalue weighted by Gasteiger charge is 2.34. The minimum Gasteiger partial charge on any atom is -0.444 e. The molecule has 0 spiro atoms. The van der Waals surface area contributed by atoms with Crippen LogP contribution < -0.4 is 5.32 Å². The van der Waals surface area contributed by atoms with E-state index in [9.17, 15) is 9.59 Å². The van der Waals surface area contributed by atoms with E-state index in [1.54, 1.807) is 11.9 Å². The average molecular weight is 284 g/mol. The number of rotatable bonds is 5. The Morgan fingerprint density at radius 3 is 2.30 bits per heavy atom. The van der Waals surface area contributed by atoms with E-state index in [2.05, 4.69) is 5.32 Å². The van der Waals surface area contributed by atoms with E-state index in [-0.39, 0.29) is 17.9 Å². The number of carbonyl (C=O) groups is 2. The van der Waals surface area contributed by atoms with E-state index in [0.29, 0.717) is 12.5 Å². The first-order valence-electron chi connectivity index (χ1n) is 7.34. The summed E-state index contributed by atoms with van der Waals surface area (Å²) in [5.74, 6) is 0.804. The molecule has 1 N–H and O–H groups in total. The number of likely N-dealkylation sites (N-methyl/N-ethyl adjacent to an activating group) is 1. The summed E-state index contributed by atoms with van der Waals surface area (Å²) < 4.78 is 5.19. The Hall–Kier alpha value is -1.26. The number of nitrogens with zero attached hydrogens (tertiary/aromatic N) is 1. The van der Waals surface area contributed by atoms with Crippen LogP contribution in [0.5, 0.6) is 0 Å². The molecule has 5 heteroatoms. The second-order valence-electron chi connectivity index (χ2n) is 6.89. The molecule has 116 valence electrons. The second kappa shape index (κ2) is 6.46. The third kappa shape index (κ3) is 5.80. The maximum Gasteiger partial charge on any atom is 0.407 e. The molecule has 2 amide bonds. The number of hydrogen-bond donors (Lipinski definition) is 1. The Bertz CT molecular complexity index is 359. The molecule has 2 unspecified atom stereocenters. The molecule has 1 fully saturated rings. The van der Waals surface area contributed by atoms with E-state index in [0.717, 1.165) is 12.8 Å². The topological polar surface area (TPSA) is 58.6 Å². The molecule has 0 aromatic rings. The first-order chi connectivity index (χ1) is 9.10. The third-order valence-electron chi connectivity index (χ3n) is 3.41. The van der Waals surface area contributed by atoms with Crippen LogP contribution in [0.4, 0.5) is 4.79 Å². The molecule has 0 aliphatic heterocycles. The molecule has 1 aliphatic carbocycles. The van der Waals surface area contributed by atoms with Gasteiger partial charge in [-0.25, -0.2) is 4.79 Å². The maximum absolute atomic E-state index is 12.2. The van der Waals surface area contributed by atoms with Gasteiger partial charge in [-0.3, -0.25) is 4.79 Å². The van der Waals surface area contributed by atoms with Crippen LogP contribution in [0.25, 0.3) is 0 Å². The van der Waals surface area contributed by atoms with Crippen LogP contribution in [0.15, 0.2) is 0 Å². The van der Waals surface area contributed by atoms with Gasteiger partial charge in [-0.1, -0.05) is 6.92 Å². The van der Waals surface area contributed by atoms with E-state index >= 15 is 0 Å². The minimum absolute atomic E-state index is 0.0914. The highest BCUT2D eigenvalue weighted by molar-refractivity contribution is 5.79. The smallest absolute Gasteiger partial charge is 0.407 e. The van der Waals surface area contributed by atoms with Crippen molar-refractivity contribution in [3.8, 4) is 0 Å². The van der Waals surface area contributed by atoms with Gasteiger partial charge >= 0.3 is 6.09 Å². The summed E-state index contributed by atoms with van der Waals surface area (Å²) in [6.45, 7) is 9.83. The van der Waals surface area contributed by atoms with Crippen molar-refractivity contribution in [2.24, 2.45) is 11.8 Å². The van der Waals surface area contributed by atoms with Crippen molar-refractivity contribution >= 4 is 12.0 Å². The van der Waals surface area contributed by atoms with Crippen LogP contribution in [0, 0.1) is 11.8 Å². The monoisotopic (exact) mass is 284 g/mol. The fraction of sp³-hybridized carbons (Fsp3) is 0.867. The number of alkyl carbamates (subject to hydrolysis) is 1. The predicted molar refractivity (Wildman–Crippen MR) is 78.4 cm³/mol. The normalized spacial score (nSPS) is 18.1. The van der Waals surface area contributed by atoms with Crippen LogP contribution in [-0.2, 0) is 9.53 Å². The molecule has 0 aromatic carbocycles. The Balaban J connectivity index is 2.35. The highest BCUT2D eigenvalue weighted by Crippen LogP contribution is 2.37. The molecule has 1 saturated carbocycles. The first kappa shape index (κ1) is 16.8. The van der Waals surface area contributed by atoms with E-state index < -0.39 is 11.7 Å². The molecule has 0 aromatic heterocycles. The number of hydrogen-bond acceptors (Lipinski definition) is 3. The molecule has 2 atom stereocenters. The van der Waals surface area contributed by atoms with Gasteiger partial charge < -0.3 is 15.0 Å². The number of nitrogens with one attached hydrogen (secondary N) is 1. The lowest BCUT2D eigenvalue weighted by Crippen LogP contribution is -2.45. The van der Waals surface area contributed by atoms with Crippen molar-refractivity contribution in [2.75, 3.05) is 13.6 Å². The Morgan fingerprint density at radius 2 is 1.85 bits per heavy atom. The molecular formula is C15H28N2O3. The van der Waals surface area contributed by atoms with Gasteiger partial charge in [0, 0.05) is 25.6 Å². The molecule has 0 saturated heterocycles. The number of amides is 2. The summed E-state index contributed by atoms with van der Waals surface area (Å²) in [7, 11) is 1.79. The summed E-state index contributed by atoms with van der Waals surface area (Å²) >= 11 is 0. The molecule has 20 heavy (non-hydrogen) atoms. The Labute approximate surface area is 122 Å². The number of ether oxygens (including phenoxy) is 1. The molecule has 0 radical (unpaired) electrons. The van der Waals surface area contributed by atoms with Crippen LogP contribution in [0.2, 0.25) is 0 Å². The highest BCUT2D eigenvalue weighted by atomic mass is 16.6. The fourth-order valence-electron chi connectivity index (χ4n) is 2.20. The van der Waals surface area contributed by atoms with Crippen LogP contribution >= 0.6 is 0 Å². The Kier molecular flexibility index (Phi) is 5.42. The third-order valence-corrected chi connectivity index (χ3v) is 3.41. The van der Waals surface area contributed by atoms with Gasteiger partial charge in [-0.2, -0.15) is 0 Å². The largest absolute Gasteiger partial charge is 0.444 e. The van der Waals surface area contributed by atoms with Gasteiger partial charge in [0.1, 0.15) is 5.60 Å². The first-order valence-corrected chi connectivity index (χ1v) is 7.34. The van der Waals surface area contributed by atoms with Crippen molar-refractivity contribution in [3.05, 3.63) is 0 Å². The van der Waals surface area contributed by atoms with Crippen LogP contribution in [-0.4, -0.2) is 42.1 Å². The van der Waals surface area contributed by atoms with Crippen molar-refractivity contribution in [1.82, 2.24) is 10.2 Å². The van der Waals surface area contributed by atoms with Crippen molar-refractivity contribution in [1.29, 1.82) is 0 Å². The molecule has 1 rings (SSSR count). The van der Waals surface area contributed by atoms with E-state index in [4.69, 9.17) is 4.74 Å². The van der Waals surface area contributed by atoms with Gasteiger partial charge in [0.05, 0.1) is 0 Å². The van der Waals surface area contributed by atoms with Gasteiger partial charge in [-0.15, -0.1) is 0 Å². The summed E-state index contributed by atoms with van der Waals surface area (Å²) in [6.07, 6.45) is 1.87. The zero-order valence-corrected chi connectivity index (χ0v) is 13.5. The van der Waals surface area contributed by atoms with E-state index in [1.807, 2.05) is 34.6 Å². The minimum atomic E-state index is -0.508. The van der Waals surface area contributed by atoms with Gasteiger partial charge in [0.25, 0.3) is 0 Å². The predicted octanol–water partition coefficient (Wildman–Crippen LogP) is 2.40. The molecular weight excluding hydrogens is 256 g/mol. The Morgan fingerprint density at radius 1 is 1.30 bits per heavy atom. The van der Waals surface area contributed by atoms with Crippen LogP contribution in [0.3, 0.4) is 0 Å². The van der Waals surface area contributed by atoms with Gasteiger partial charge in [0.2, 0.25) is 5.91 Å². The van der Waals surface area contributed by atoms with Crippen molar-refractivity contribution < 1.29 is 14.3 Å². The lowest BCUT2D eigenvalue weighted by Gasteiger charge is -2.26. The number of carbonyl (C=O) groups excluding carboxylic acids is 2. The second-order valence-corrected chi connectivity index (χ2v) is 6.89. The summed E-state index contributed by atoms with van der Waals surface area (Å²) in [6, 6.07) is -0.134. The summed E-state index contributed by atoms with van der Waals surface area (Å²) in [4.78, 5) is 25.5. The lowest BCUT2D eigenvalue weighted by molar-refractivity contribution is -0.134. The summed E-state index contributed by atoms with van der Waals surface area (Å²) in [5.41, 5.74) is -0.508. The molecule has 1 aliphatic rings. The zero-order valence-electron chi connectivity index (χ0n) is 13.5. The quantitative estimate of drug-likeness (QED) is 0.843.